The zero-order valence-corrected chi connectivity index (χ0v) is 26.7. The van der Waals surface area contributed by atoms with Crippen molar-refractivity contribution in [3.8, 4) is 0 Å². The zero-order chi connectivity index (χ0) is 32.6. The van der Waals surface area contributed by atoms with Gasteiger partial charge in [0.05, 0.1) is 18.7 Å². The van der Waals surface area contributed by atoms with Crippen LogP contribution in [0.25, 0.3) is 0 Å². The largest absolute Gasteiger partial charge is 0.480 e. The third kappa shape index (κ3) is 19.7. The van der Waals surface area contributed by atoms with Gasteiger partial charge in [0.25, 0.3) is 0 Å². The summed E-state index contributed by atoms with van der Waals surface area (Å²) in [5, 5.41) is 17.4. The Balaban J connectivity index is 4.97. The van der Waals surface area contributed by atoms with Gasteiger partial charge in [-0.3, -0.25) is 19.2 Å². The Morgan fingerprint density at radius 1 is 0.698 bits per heavy atom. The van der Waals surface area contributed by atoms with Gasteiger partial charge in [-0.2, -0.15) is 0 Å². The van der Waals surface area contributed by atoms with Crippen LogP contribution in [0, 0.1) is 0 Å². The van der Waals surface area contributed by atoms with Gasteiger partial charge in [-0.1, -0.05) is 34.4 Å². The predicted octanol–water partition coefficient (Wildman–Crippen LogP) is -1.49. The first-order valence-corrected chi connectivity index (χ1v) is 17.2. The molecule has 0 aliphatic heterocycles. The molecule has 0 saturated carbocycles. The fourth-order valence-corrected chi connectivity index (χ4v) is 5.94. The van der Waals surface area contributed by atoms with Gasteiger partial charge in [0.2, 0.25) is 17.7 Å². The van der Waals surface area contributed by atoms with E-state index in [0.717, 1.165) is 17.2 Å². The van der Waals surface area contributed by atoms with Gasteiger partial charge < -0.3 is 54.5 Å². The summed E-state index contributed by atoms with van der Waals surface area (Å²) >= 11 is 0. The third-order valence-corrected chi connectivity index (χ3v) is 8.66. The molecule has 14 N–H and O–H groups in total. The fraction of sp³-hybridized carbons (Fsp3) is 0.808. The van der Waals surface area contributed by atoms with Crippen LogP contribution >= 0.6 is 21.6 Å². The Labute approximate surface area is 262 Å². The normalized spacial score (nSPS) is 14.6. The maximum atomic E-state index is 12.9. The SMILES string of the molecule is CCOC(=O)[C@@H](N)CCCCNC(=O)[C@H](CSSC[C@H](NC(=O)[C@@H](N)CCCCN)C(=O)O)NC(=O)[C@@H](N)CCCCN. The molecule has 17 heteroatoms. The van der Waals surface area contributed by atoms with E-state index in [4.69, 9.17) is 33.4 Å². The van der Waals surface area contributed by atoms with Crippen LogP contribution in [0.2, 0.25) is 0 Å². The van der Waals surface area contributed by atoms with Crippen LogP contribution in [0.4, 0.5) is 0 Å². The van der Waals surface area contributed by atoms with Crippen molar-refractivity contribution in [3.63, 3.8) is 0 Å². The number of rotatable bonds is 26. The molecule has 0 radical (unpaired) electrons. The van der Waals surface area contributed by atoms with E-state index in [9.17, 15) is 29.1 Å². The number of unbranched alkanes of at least 4 members (excludes halogenated alkanes) is 3. The molecule has 15 nitrogen and oxygen atoms in total. The number of carboxylic acid groups (broad SMARTS) is 1. The summed E-state index contributed by atoms with van der Waals surface area (Å²) in [4.78, 5) is 61.3. The minimum absolute atomic E-state index is 0.00285. The summed E-state index contributed by atoms with van der Waals surface area (Å²) in [6.45, 7) is 3.20. The van der Waals surface area contributed by atoms with Crippen molar-refractivity contribution < 1.29 is 33.8 Å². The maximum absolute atomic E-state index is 12.9. The van der Waals surface area contributed by atoms with Crippen molar-refractivity contribution >= 4 is 51.2 Å². The quantitative estimate of drug-likeness (QED) is 0.0292. The van der Waals surface area contributed by atoms with Gasteiger partial charge >= 0.3 is 11.9 Å². The number of amides is 3. The number of hydrogen-bond acceptors (Lipinski definition) is 13. The highest BCUT2D eigenvalue weighted by molar-refractivity contribution is 8.76. The number of nitrogens with one attached hydrogen (secondary N) is 3. The minimum atomic E-state index is -1.22. The highest BCUT2D eigenvalue weighted by atomic mass is 33.1. The molecule has 0 bridgehead atoms. The Morgan fingerprint density at radius 2 is 1.16 bits per heavy atom. The number of aliphatic carboxylic acids is 1. The number of carbonyl (C=O) groups excluding carboxylic acids is 4. The number of nitrogens with two attached hydrogens (primary N) is 5. The summed E-state index contributed by atoms with van der Waals surface area (Å²) in [5.74, 6) is -3.05. The number of carbonyl (C=O) groups is 5. The van der Waals surface area contributed by atoms with Gasteiger partial charge in [0.1, 0.15) is 18.1 Å². The predicted molar refractivity (Wildman–Crippen MR) is 170 cm³/mol. The topological polar surface area (TPSA) is 281 Å². The number of ether oxygens (including phenoxy) is 1. The Kier molecular flexibility index (Phi) is 23.9. The molecule has 0 fully saturated rings. The number of esters is 1. The van der Waals surface area contributed by atoms with Crippen molar-refractivity contribution in [2.45, 2.75) is 94.9 Å². The van der Waals surface area contributed by atoms with Crippen molar-refractivity contribution in [2.75, 3.05) is 37.7 Å². The highest BCUT2D eigenvalue weighted by Crippen LogP contribution is 2.23. The van der Waals surface area contributed by atoms with Crippen LogP contribution < -0.4 is 44.6 Å². The van der Waals surface area contributed by atoms with E-state index in [-0.39, 0.29) is 18.1 Å². The second-order valence-corrected chi connectivity index (χ2v) is 12.5. The summed E-state index contributed by atoms with van der Waals surface area (Å²) < 4.78 is 4.88. The van der Waals surface area contributed by atoms with E-state index < -0.39 is 59.9 Å². The van der Waals surface area contributed by atoms with Crippen LogP contribution in [0.15, 0.2) is 0 Å². The lowest BCUT2D eigenvalue weighted by Gasteiger charge is -2.21. The molecule has 250 valence electrons. The molecule has 0 unspecified atom stereocenters. The van der Waals surface area contributed by atoms with E-state index >= 15 is 0 Å². The minimum Gasteiger partial charge on any atom is -0.480 e. The molecule has 0 aromatic heterocycles. The molecule has 0 aromatic carbocycles. The lowest BCUT2D eigenvalue weighted by Crippen LogP contribution is -2.52. The van der Waals surface area contributed by atoms with Gasteiger partial charge in [-0.05, 0) is 65.0 Å². The molecule has 0 saturated heterocycles. The van der Waals surface area contributed by atoms with Crippen LogP contribution in [-0.2, 0) is 28.7 Å². The van der Waals surface area contributed by atoms with E-state index in [1.807, 2.05) is 0 Å². The molecule has 0 rings (SSSR count). The highest BCUT2D eigenvalue weighted by Gasteiger charge is 2.26. The molecule has 0 aliphatic carbocycles. The summed E-state index contributed by atoms with van der Waals surface area (Å²) in [7, 11) is 2.31. The average molecular weight is 653 g/mol. The monoisotopic (exact) mass is 652 g/mol. The van der Waals surface area contributed by atoms with Gasteiger partial charge in [-0.25, -0.2) is 4.79 Å². The van der Waals surface area contributed by atoms with Gasteiger partial charge in [0, 0.05) is 18.1 Å². The number of carboxylic acids is 1. The Hall–Kier alpha value is -2.15. The van der Waals surface area contributed by atoms with Gasteiger partial charge in [0.15, 0.2) is 0 Å². The molecular formula is C26H52N8O7S2. The standard InChI is InChI=1S/C26H52N8O7S2/c1-2-41-26(40)19(31)11-5-8-14-32-24(37)20(33-22(35)17(29)9-3-6-12-27)15-42-43-16-21(25(38)39)34-23(36)18(30)10-4-7-13-28/h17-21H,2-16,27-31H2,1H3,(H,32,37)(H,33,35)(H,34,36)(H,38,39)/t17-,18-,19-,20-,21-/m0/s1. The second kappa shape index (κ2) is 25.2. The van der Waals surface area contributed by atoms with E-state index in [2.05, 4.69) is 16.0 Å². The van der Waals surface area contributed by atoms with Crippen LogP contribution in [0.1, 0.15) is 64.7 Å². The Morgan fingerprint density at radius 3 is 1.65 bits per heavy atom. The molecule has 0 heterocycles. The van der Waals surface area contributed by atoms with E-state index in [1.54, 1.807) is 6.92 Å². The molecular weight excluding hydrogens is 600 g/mol. The van der Waals surface area contributed by atoms with E-state index in [0.29, 0.717) is 71.0 Å². The van der Waals surface area contributed by atoms with Crippen molar-refractivity contribution in [1.29, 1.82) is 0 Å². The van der Waals surface area contributed by atoms with Crippen LogP contribution in [0.3, 0.4) is 0 Å². The molecule has 5 atom stereocenters. The summed E-state index contributed by atoms with van der Waals surface area (Å²) in [5.41, 5.74) is 28.6. The fourth-order valence-electron chi connectivity index (χ4n) is 3.62. The molecule has 0 aliphatic rings. The molecule has 0 aromatic rings. The van der Waals surface area contributed by atoms with Crippen molar-refractivity contribution in [2.24, 2.45) is 28.7 Å². The molecule has 0 spiro atoms. The average Bonchev–Trinajstić information content (AvgIpc) is 2.97. The smallest absolute Gasteiger partial charge is 0.327 e. The summed E-state index contributed by atoms with van der Waals surface area (Å²) in [6.07, 6.45) is 5.08. The Bertz CT molecular complexity index is 843. The summed E-state index contributed by atoms with van der Waals surface area (Å²) in [6, 6.07) is -4.53. The van der Waals surface area contributed by atoms with Crippen molar-refractivity contribution in [3.05, 3.63) is 0 Å². The lowest BCUT2D eigenvalue weighted by molar-refractivity contribution is -0.145. The second-order valence-electron chi connectivity index (χ2n) is 9.96. The van der Waals surface area contributed by atoms with Gasteiger partial charge in [-0.15, -0.1) is 0 Å². The lowest BCUT2D eigenvalue weighted by atomic mass is 10.1. The first kappa shape index (κ1) is 40.9. The third-order valence-electron chi connectivity index (χ3n) is 6.24. The van der Waals surface area contributed by atoms with E-state index in [1.165, 1.54) is 10.8 Å². The first-order chi connectivity index (χ1) is 20.5. The number of hydrogen-bond donors (Lipinski definition) is 9. The van der Waals surface area contributed by atoms with Crippen LogP contribution in [0.5, 0.6) is 0 Å². The molecule has 43 heavy (non-hydrogen) atoms. The zero-order valence-electron chi connectivity index (χ0n) is 25.1. The molecule has 3 amide bonds. The van der Waals surface area contributed by atoms with Crippen LogP contribution in [-0.4, -0.2) is 103 Å². The maximum Gasteiger partial charge on any atom is 0.327 e. The first-order valence-electron chi connectivity index (χ1n) is 14.7. The van der Waals surface area contributed by atoms with Crippen molar-refractivity contribution in [1.82, 2.24) is 16.0 Å².